The average molecular weight is 790 g/mol. The van der Waals surface area contributed by atoms with Gasteiger partial charge < -0.3 is 9.32 Å². The van der Waals surface area contributed by atoms with Gasteiger partial charge in [0, 0.05) is 27.5 Å². The molecule has 12 aromatic rings. The number of furan rings is 1. The van der Waals surface area contributed by atoms with Gasteiger partial charge in [-0.05, 0) is 132 Å². The van der Waals surface area contributed by atoms with Crippen LogP contribution in [0.5, 0.6) is 0 Å². The molecular weight excluding hydrogens is 751 g/mol. The van der Waals surface area contributed by atoms with Crippen LogP contribution in [0.3, 0.4) is 0 Å². The first kappa shape index (κ1) is 35.7. The minimum absolute atomic E-state index is 0.893. The van der Waals surface area contributed by atoms with Gasteiger partial charge in [-0.2, -0.15) is 0 Å². The van der Waals surface area contributed by atoms with Gasteiger partial charge in [0.2, 0.25) is 0 Å². The Hall–Kier alpha value is -8.20. The fourth-order valence-electron chi connectivity index (χ4n) is 9.36. The number of rotatable bonds is 7. The smallest absolute Gasteiger partial charge is 0.135 e. The van der Waals surface area contributed by atoms with Crippen molar-refractivity contribution in [2.24, 2.45) is 0 Å². The van der Waals surface area contributed by atoms with Gasteiger partial charge >= 0.3 is 0 Å². The highest BCUT2D eigenvalue weighted by atomic mass is 16.3. The largest absolute Gasteiger partial charge is 0.456 e. The van der Waals surface area contributed by atoms with E-state index in [1.54, 1.807) is 0 Å². The summed E-state index contributed by atoms with van der Waals surface area (Å²) in [6.45, 7) is 0. The van der Waals surface area contributed by atoms with Crippen molar-refractivity contribution in [2.75, 3.05) is 4.90 Å². The number of benzene rings is 11. The summed E-state index contributed by atoms with van der Waals surface area (Å²) in [5.74, 6) is 0. The van der Waals surface area contributed by atoms with Crippen LogP contribution in [0.2, 0.25) is 0 Å². The molecule has 0 atom stereocenters. The predicted molar refractivity (Wildman–Crippen MR) is 263 cm³/mol. The lowest BCUT2D eigenvalue weighted by Crippen LogP contribution is -2.10. The first-order valence-electron chi connectivity index (χ1n) is 21.2. The van der Waals surface area contributed by atoms with E-state index in [9.17, 15) is 0 Å². The summed E-state index contributed by atoms with van der Waals surface area (Å²) in [5.41, 5.74) is 14.6. The Morgan fingerprint density at radius 3 is 1.45 bits per heavy atom. The monoisotopic (exact) mass is 789 g/mol. The fraction of sp³-hybridized carbons (Fsp3) is 0. The summed E-state index contributed by atoms with van der Waals surface area (Å²) in [6.07, 6.45) is 0. The van der Waals surface area contributed by atoms with Gasteiger partial charge in [-0.15, -0.1) is 0 Å². The number of hydrogen-bond donors (Lipinski definition) is 0. The molecule has 62 heavy (non-hydrogen) atoms. The van der Waals surface area contributed by atoms with Crippen molar-refractivity contribution >= 4 is 71.3 Å². The molecule has 0 fully saturated rings. The predicted octanol–water partition coefficient (Wildman–Crippen LogP) is 17.2. The van der Waals surface area contributed by atoms with E-state index in [-0.39, 0.29) is 0 Å². The Kier molecular flexibility index (Phi) is 8.53. The maximum atomic E-state index is 6.38. The van der Waals surface area contributed by atoms with Crippen molar-refractivity contribution in [3.63, 3.8) is 0 Å². The maximum Gasteiger partial charge on any atom is 0.135 e. The summed E-state index contributed by atoms with van der Waals surface area (Å²) in [4.78, 5) is 2.40. The average Bonchev–Trinajstić information content (AvgIpc) is 3.72. The van der Waals surface area contributed by atoms with Gasteiger partial charge in [0.15, 0.2) is 0 Å². The van der Waals surface area contributed by atoms with Gasteiger partial charge in [0.25, 0.3) is 0 Å². The Balaban J connectivity index is 0.920. The highest BCUT2D eigenvalue weighted by Gasteiger charge is 2.18. The SMILES string of the molecule is c1ccc(-c2ccc(N(c3ccc(-c4cccc(-c5ccc6oc7ccc(-c8cccc9ccccc89)cc7c6c5)c4)cc3)c3cc4ccccc4c4ccccc34)cc2)cc1. The van der Waals surface area contributed by atoms with Crippen molar-refractivity contribution in [2.45, 2.75) is 0 Å². The van der Waals surface area contributed by atoms with E-state index < -0.39 is 0 Å². The third kappa shape index (κ3) is 6.20. The van der Waals surface area contributed by atoms with Gasteiger partial charge in [0.05, 0.1) is 5.69 Å². The lowest BCUT2D eigenvalue weighted by Gasteiger charge is -2.28. The molecule has 0 unspecified atom stereocenters. The normalized spacial score (nSPS) is 11.5. The Morgan fingerprint density at radius 1 is 0.258 bits per heavy atom. The second-order valence-electron chi connectivity index (χ2n) is 16.1. The zero-order valence-electron chi connectivity index (χ0n) is 33.9. The van der Waals surface area contributed by atoms with E-state index in [4.69, 9.17) is 4.42 Å². The van der Waals surface area contributed by atoms with E-state index >= 15 is 0 Å². The molecule has 0 amide bonds. The molecule has 1 aromatic heterocycles. The van der Waals surface area contributed by atoms with Crippen molar-refractivity contribution in [1.82, 2.24) is 0 Å². The lowest BCUT2D eigenvalue weighted by atomic mass is 9.96. The van der Waals surface area contributed by atoms with Crippen LogP contribution in [0.4, 0.5) is 17.1 Å². The molecule has 2 nitrogen and oxygen atoms in total. The quantitative estimate of drug-likeness (QED) is 0.150. The van der Waals surface area contributed by atoms with Crippen LogP contribution in [0, 0.1) is 0 Å². The van der Waals surface area contributed by atoms with E-state index in [0.717, 1.165) is 55.7 Å². The molecule has 12 rings (SSSR count). The fourth-order valence-corrected chi connectivity index (χ4v) is 9.36. The summed E-state index contributed by atoms with van der Waals surface area (Å²) in [7, 11) is 0. The zero-order valence-corrected chi connectivity index (χ0v) is 33.9. The summed E-state index contributed by atoms with van der Waals surface area (Å²) in [5, 5.41) is 9.65. The van der Waals surface area contributed by atoms with Crippen molar-refractivity contribution < 1.29 is 4.42 Å². The molecule has 0 aliphatic carbocycles. The molecule has 0 aliphatic rings. The first-order valence-corrected chi connectivity index (χ1v) is 21.2. The molecule has 1 heterocycles. The number of hydrogen-bond acceptors (Lipinski definition) is 2. The highest BCUT2D eigenvalue weighted by Crippen LogP contribution is 2.43. The highest BCUT2D eigenvalue weighted by molar-refractivity contribution is 6.15. The third-order valence-corrected chi connectivity index (χ3v) is 12.4. The second kappa shape index (κ2) is 14.8. The van der Waals surface area contributed by atoms with E-state index in [1.165, 1.54) is 60.1 Å². The molecule has 0 spiro atoms. The van der Waals surface area contributed by atoms with E-state index in [1.807, 2.05) is 0 Å². The van der Waals surface area contributed by atoms with Crippen molar-refractivity contribution in [1.29, 1.82) is 0 Å². The molecule has 0 aliphatic heterocycles. The molecule has 0 saturated heterocycles. The first-order chi connectivity index (χ1) is 30.7. The minimum Gasteiger partial charge on any atom is -0.456 e. The van der Waals surface area contributed by atoms with Gasteiger partial charge in [0.1, 0.15) is 11.2 Å². The minimum atomic E-state index is 0.893. The molecule has 0 bridgehead atoms. The molecule has 2 heteroatoms. The van der Waals surface area contributed by atoms with Crippen LogP contribution in [-0.2, 0) is 0 Å². The zero-order chi connectivity index (χ0) is 41.0. The van der Waals surface area contributed by atoms with Crippen molar-refractivity contribution in [3.8, 4) is 44.5 Å². The second-order valence-corrected chi connectivity index (χ2v) is 16.1. The van der Waals surface area contributed by atoms with Gasteiger partial charge in [-0.1, -0.05) is 176 Å². The van der Waals surface area contributed by atoms with E-state index in [2.05, 4.69) is 241 Å². The third-order valence-electron chi connectivity index (χ3n) is 12.4. The molecule has 0 radical (unpaired) electrons. The Bertz CT molecular complexity index is 3610. The van der Waals surface area contributed by atoms with Crippen LogP contribution in [-0.4, -0.2) is 0 Å². The summed E-state index contributed by atoms with van der Waals surface area (Å²) >= 11 is 0. The number of anilines is 3. The van der Waals surface area contributed by atoms with Crippen LogP contribution in [0.25, 0.3) is 98.8 Å². The molecule has 11 aromatic carbocycles. The van der Waals surface area contributed by atoms with Crippen LogP contribution in [0.1, 0.15) is 0 Å². The topological polar surface area (TPSA) is 16.4 Å². The van der Waals surface area contributed by atoms with Gasteiger partial charge in [-0.25, -0.2) is 0 Å². The number of fused-ring (bicyclic) bond motifs is 7. The van der Waals surface area contributed by atoms with Crippen LogP contribution >= 0.6 is 0 Å². The lowest BCUT2D eigenvalue weighted by molar-refractivity contribution is 0.669. The summed E-state index contributed by atoms with van der Waals surface area (Å²) in [6, 6.07) is 85.5. The molecule has 0 N–H and O–H groups in total. The van der Waals surface area contributed by atoms with Crippen LogP contribution < -0.4 is 4.90 Å². The molecular formula is C60H39NO. The maximum absolute atomic E-state index is 6.38. The molecule has 0 saturated carbocycles. The van der Waals surface area contributed by atoms with E-state index in [0.29, 0.717) is 0 Å². The number of nitrogens with zero attached hydrogens (tertiary/aromatic N) is 1. The Labute approximate surface area is 360 Å². The summed E-state index contributed by atoms with van der Waals surface area (Å²) < 4.78 is 6.38. The van der Waals surface area contributed by atoms with Gasteiger partial charge in [-0.3, -0.25) is 0 Å². The van der Waals surface area contributed by atoms with Crippen molar-refractivity contribution in [3.05, 3.63) is 237 Å². The molecule has 290 valence electrons. The Morgan fingerprint density at radius 2 is 0.726 bits per heavy atom. The van der Waals surface area contributed by atoms with Crippen LogP contribution in [0.15, 0.2) is 241 Å². The standard InChI is InChI=1S/C60H39NO/c1-2-12-40(13-3-1)41-24-30-49(31-25-41)61(58-39-47-15-5-7-20-53(47)54-21-8-9-22-55(54)58)50-32-26-42(27-33-50)44-17-10-18-45(36-44)46-28-34-59-56(37-46)57-38-48(29-35-60(57)62-59)52-23-11-16-43-14-4-6-19-51(43)52/h1-39H.